The Morgan fingerprint density at radius 3 is 2.80 bits per heavy atom. The zero-order valence-electron chi connectivity index (χ0n) is 11.3. The van der Waals surface area contributed by atoms with Crippen LogP contribution in [-0.2, 0) is 4.79 Å². The number of piperazine rings is 1. The van der Waals surface area contributed by atoms with E-state index < -0.39 is 10.5 Å². The molecule has 0 bridgehead atoms. The van der Waals surface area contributed by atoms with Gasteiger partial charge in [0.05, 0.1) is 4.92 Å². The molecule has 1 heterocycles. The SMILES string of the molecule is CC1(C)C(=O)NCCN1C(=O)c1cccc([N+](=O)[O-])c1. The van der Waals surface area contributed by atoms with Crippen LogP contribution in [0.2, 0.25) is 0 Å². The summed E-state index contributed by atoms with van der Waals surface area (Å²) in [5, 5.41) is 13.4. The first-order chi connectivity index (χ1) is 9.34. The van der Waals surface area contributed by atoms with E-state index in [4.69, 9.17) is 0 Å². The van der Waals surface area contributed by atoms with Gasteiger partial charge >= 0.3 is 0 Å². The minimum Gasteiger partial charge on any atom is -0.352 e. The molecule has 0 radical (unpaired) electrons. The first-order valence-corrected chi connectivity index (χ1v) is 6.19. The summed E-state index contributed by atoms with van der Waals surface area (Å²) in [7, 11) is 0. The molecule has 7 nitrogen and oxygen atoms in total. The summed E-state index contributed by atoms with van der Waals surface area (Å²) < 4.78 is 0. The first kappa shape index (κ1) is 14.0. The average Bonchev–Trinajstić information content (AvgIpc) is 2.41. The van der Waals surface area contributed by atoms with E-state index in [-0.39, 0.29) is 23.1 Å². The molecule has 20 heavy (non-hydrogen) atoms. The number of carbonyl (C=O) groups is 2. The van der Waals surface area contributed by atoms with E-state index in [0.29, 0.717) is 13.1 Å². The summed E-state index contributed by atoms with van der Waals surface area (Å²) in [5.41, 5.74) is -0.906. The molecule has 1 aromatic carbocycles. The van der Waals surface area contributed by atoms with Crippen LogP contribution in [0.25, 0.3) is 0 Å². The summed E-state index contributed by atoms with van der Waals surface area (Å²) in [6, 6.07) is 5.52. The fraction of sp³-hybridized carbons (Fsp3) is 0.385. The number of nitrogens with one attached hydrogen (secondary N) is 1. The van der Waals surface area contributed by atoms with Gasteiger partial charge in [0.1, 0.15) is 5.54 Å². The van der Waals surface area contributed by atoms with Gasteiger partial charge < -0.3 is 10.2 Å². The van der Waals surface area contributed by atoms with E-state index in [1.807, 2.05) is 0 Å². The number of benzene rings is 1. The largest absolute Gasteiger partial charge is 0.352 e. The third-order valence-electron chi connectivity index (χ3n) is 3.40. The number of hydrogen-bond acceptors (Lipinski definition) is 4. The van der Waals surface area contributed by atoms with Gasteiger partial charge in [-0.05, 0) is 19.9 Å². The molecule has 2 amide bonds. The van der Waals surface area contributed by atoms with Gasteiger partial charge in [0.25, 0.3) is 11.6 Å². The van der Waals surface area contributed by atoms with Gasteiger partial charge in [-0.3, -0.25) is 19.7 Å². The molecule has 0 saturated carbocycles. The van der Waals surface area contributed by atoms with E-state index in [1.165, 1.54) is 29.2 Å². The molecule has 1 fully saturated rings. The maximum Gasteiger partial charge on any atom is 0.270 e. The number of nitro groups is 1. The Bertz CT molecular complexity index is 583. The van der Waals surface area contributed by atoms with Crippen molar-refractivity contribution in [2.75, 3.05) is 13.1 Å². The van der Waals surface area contributed by atoms with Crippen LogP contribution < -0.4 is 5.32 Å². The van der Waals surface area contributed by atoms with E-state index in [2.05, 4.69) is 5.32 Å². The second-order valence-electron chi connectivity index (χ2n) is 5.08. The van der Waals surface area contributed by atoms with Crippen LogP contribution in [0.1, 0.15) is 24.2 Å². The van der Waals surface area contributed by atoms with E-state index in [1.54, 1.807) is 13.8 Å². The van der Waals surface area contributed by atoms with Crippen molar-refractivity contribution >= 4 is 17.5 Å². The average molecular weight is 277 g/mol. The van der Waals surface area contributed by atoms with Crippen LogP contribution in [0, 0.1) is 10.1 Å². The Kier molecular flexibility index (Phi) is 3.44. The molecule has 0 atom stereocenters. The van der Waals surface area contributed by atoms with E-state index in [0.717, 1.165) is 0 Å². The maximum atomic E-state index is 12.5. The van der Waals surface area contributed by atoms with Crippen molar-refractivity contribution < 1.29 is 14.5 Å². The highest BCUT2D eigenvalue weighted by atomic mass is 16.6. The van der Waals surface area contributed by atoms with E-state index >= 15 is 0 Å². The number of nitro benzene ring substituents is 1. The number of amides is 2. The Hall–Kier alpha value is -2.44. The smallest absolute Gasteiger partial charge is 0.270 e. The molecule has 1 N–H and O–H groups in total. The lowest BCUT2D eigenvalue weighted by Crippen LogP contribution is -2.63. The topological polar surface area (TPSA) is 92.6 Å². The van der Waals surface area contributed by atoms with Gasteiger partial charge in [-0.15, -0.1) is 0 Å². The normalized spacial score (nSPS) is 17.5. The molecule has 106 valence electrons. The molecular weight excluding hydrogens is 262 g/mol. The van der Waals surface area contributed by atoms with Crippen LogP contribution in [0.5, 0.6) is 0 Å². The van der Waals surface area contributed by atoms with Crippen molar-refractivity contribution in [1.29, 1.82) is 0 Å². The number of non-ortho nitro benzene ring substituents is 1. The van der Waals surface area contributed by atoms with Crippen LogP contribution in [-0.4, -0.2) is 40.3 Å². The van der Waals surface area contributed by atoms with Crippen LogP contribution >= 0.6 is 0 Å². The van der Waals surface area contributed by atoms with Crippen LogP contribution in [0.15, 0.2) is 24.3 Å². The fourth-order valence-corrected chi connectivity index (χ4v) is 2.16. The lowest BCUT2D eigenvalue weighted by Gasteiger charge is -2.41. The number of nitrogens with zero attached hydrogens (tertiary/aromatic N) is 2. The standard InChI is InChI=1S/C13H15N3O4/c1-13(2)12(18)14-6-7-15(13)11(17)9-4-3-5-10(8-9)16(19)20/h3-5,8H,6-7H2,1-2H3,(H,14,18). The maximum absolute atomic E-state index is 12.5. The molecule has 0 unspecified atom stereocenters. The highest BCUT2D eigenvalue weighted by Gasteiger charge is 2.40. The summed E-state index contributed by atoms with van der Waals surface area (Å²) in [6.07, 6.45) is 0. The number of hydrogen-bond donors (Lipinski definition) is 1. The summed E-state index contributed by atoms with van der Waals surface area (Å²) >= 11 is 0. The fourth-order valence-electron chi connectivity index (χ4n) is 2.16. The van der Waals surface area contributed by atoms with Gasteiger partial charge in [0.2, 0.25) is 5.91 Å². The molecule has 1 aliphatic heterocycles. The van der Waals surface area contributed by atoms with Gasteiger partial charge in [-0.2, -0.15) is 0 Å². The molecule has 0 spiro atoms. The Balaban J connectivity index is 2.33. The third-order valence-corrected chi connectivity index (χ3v) is 3.40. The van der Waals surface area contributed by atoms with Crippen molar-refractivity contribution in [3.63, 3.8) is 0 Å². The molecule has 1 saturated heterocycles. The number of carbonyl (C=O) groups excluding carboxylic acids is 2. The lowest BCUT2D eigenvalue weighted by molar-refractivity contribution is -0.384. The van der Waals surface area contributed by atoms with Crippen molar-refractivity contribution in [3.8, 4) is 0 Å². The highest BCUT2D eigenvalue weighted by molar-refractivity contribution is 6.00. The van der Waals surface area contributed by atoms with Crippen LogP contribution in [0.4, 0.5) is 5.69 Å². The highest BCUT2D eigenvalue weighted by Crippen LogP contribution is 2.22. The monoisotopic (exact) mass is 277 g/mol. The lowest BCUT2D eigenvalue weighted by atomic mass is 9.97. The van der Waals surface area contributed by atoms with Gasteiger partial charge in [-0.1, -0.05) is 6.07 Å². The number of rotatable bonds is 2. The molecular formula is C13H15N3O4. The van der Waals surface area contributed by atoms with Gasteiger partial charge in [-0.25, -0.2) is 0 Å². The molecule has 1 aromatic rings. The van der Waals surface area contributed by atoms with Gasteiger partial charge in [0.15, 0.2) is 0 Å². The van der Waals surface area contributed by atoms with Crippen molar-refractivity contribution in [1.82, 2.24) is 10.2 Å². The second kappa shape index (κ2) is 4.92. The Morgan fingerprint density at radius 1 is 1.45 bits per heavy atom. The Morgan fingerprint density at radius 2 is 2.15 bits per heavy atom. The quantitative estimate of drug-likeness (QED) is 0.643. The zero-order valence-corrected chi connectivity index (χ0v) is 11.3. The van der Waals surface area contributed by atoms with Gasteiger partial charge in [0, 0.05) is 30.8 Å². The molecule has 7 heteroatoms. The minimum atomic E-state index is -0.972. The second-order valence-corrected chi connectivity index (χ2v) is 5.08. The predicted octanol–water partition coefficient (Wildman–Crippen LogP) is 0.945. The minimum absolute atomic E-state index is 0.143. The molecule has 1 aliphatic rings. The molecule has 2 rings (SSSR count). The summed E-state index contributed by atoms with van der Waals surface area (Å²) in [5.74, 6) is -0.615. The first-order valence-electron chi connectivity index (χ1n) is 6.19. The predicted molar refractivity (Wildman–Crippen MR) is 71.2 cm³/mol. The van der Waals surface area contributed by atoms with Crippen LogP contribution in [0.3, 0.4) is 0 Å². The van der Waals surface area contributed by atoms with Crippen molar-refractivity contribution in [3.05, 3.63) is 39.9 Å². The molecule has 0 aromatic heterocycles. The molecule has 0 aliphatic carbocycles. The zero-order chi connectivity index (χ0) is 14.9. The Labute approximate surface area is 115 Å². The third kappa shape index (κ3) is 2.34. The van der Waals surface area contributed by atoms with Crippen molar-refractivity contribution in [2.24, 2.45) is 0 Å². The van der Waals surface area contributed by atoms with Crippen molar-refractivity contribution in [2.45, 2.75) is 19.4 Å². The summed E-state index contributed by atoms with van der Waals surface area (Å²) in [4.78, 5) is 35.9. The summed E-state index contributed by atoms with van der Waals surface area (Å²) in [6.45, 7) is 4.05. The van der Waals surface area contributed by atoms with E-state index in [9.17, 15) is 19.7 Å².